The fraction of sp³-hybridized carbons (Fsp3) is 0.333. The molecule has 1 aliphatic rings. The van der Waals surface area contributed by atoms with E-state index in [0.717, 1.165) is 35.7 Å². The quantitative estimate of drug-likeness (QED) is 0.873. The first-order valence-electron chi connectivity index (χ1n) is 6.66. The Morgan fingerprint density at radius 3 is 2.80 bits per heavy atom. The standard InChI is InChI=1S/C15H16N2O2S/c1-10-2-3-13-11(8-10)14(18)12(9-16-13)15(19)17-4-6-20-7-5-17/h2-3,8-9H,4-7H2,1H3,(H,16,18). The van der Waals surface area contributed by atoms with Crippen LogP contribution >= 0.6 is 11.8 Å². The summed E-state index contributed by atoms with van der Waals surface area (Å²) < 4.78 is 0. The molecule has 1 N–H and O–H groups in total. The van der Waals surface area contributed by atoms with Gasteiger partial charge in [0.05, 0.1) is 0 Å². The second-order valence-electron chi connectivity index (χ2n) is 4.99. The molecule has 1 aliphatic heterocycles. The fourth-order valence-corrected chi connectivity index (χ4v) is 3.33. The van der Waals surface area contributed by atoms with Gasteiger partial charge in [-0.2, -0.15) is 11.8 Å². The van der Waals surface area contributed by atoms with Crippen LogP contribution in [0, 0.1) is 6.92 Å². The predicted octanol–water partition coefficient (Wildman–Crippen LogP) is 2.03. The first-order valence-corrected chi connectivity index (χ1v) is 7.81. The first-order chi connectivity index (χ1) is 9.66. The second kappa shape index (κ2) is 5.32. The van der Waals surface area contributed by atoms with Gasteiger partial charge in [0.25, 0.3) is 5.91 Å². The maximum absolute atomic E-state index is 12.5. The summed E-state index contributed by atoms with van der Waals surface area (Å²) >= 11 is 1.84. The van der Waals surface area contributed by atoms with Crippen LogP contribution in [0.1, 0.15) is 15.9 Å². The number of nitrogens with one attached hydrogen (secondary N) is 1. The molecule has 0 bridgehead atoms. The summed E-state index contributed by atoms with van der Waals surface area (Å²) in [7, 11) is 0. The number of carbonyl (C=O) groups excluding carboxylic acids is 1. The third kappa shape index (κ3) is 2.33. The highest BCUT2D eigenvalue weighted by molar-refractivity contribution is 7.99. The van der Waals surface area contributed by atoms with Crippen molar-refractivity contribution in [3.8, 4) is 0 Å². The number of aromatic amines is 1. The lowest BCUT2D eigenvalue weighted by molar-refractivity contribution is 0.0771. The predicted molar refractivity (Wildman–Crippen MR) is 82.5 cm³/mol. The molecule has 1 amide bonds. The van der Waals surface area contributed by atoms with E-state index in [9.17, 15) is 9.59 Å². The number of fused-ring (bicyclic) bond motifs is 1. The Balaban J connectivity index is 2.05. The summed E-state index contributed by atoms with van der Waals surface area (Å²) in [6, 6.07) is 5.65. The number of hydrogen-bond acceptors (Lipinski definition) is 3. The Kier molecular flexibility index (Phi) is 3.53. The minimum Gasteiger partial charge on any atom is -0.360 e. The van der Waals surface area contributed by atoms with Crippen molar-refractivity contribution in [3.63, 3.8) is 0 Å². The number of hydrogen-bond donors (Lipinski definition) is 1. The Morgan fingerprint density at radius 1 is 1.30 bits per heavy atom. The molecule has 0 atom stereocenters. The SMILES string of the molecule is Cc1ccc2[nH]cc(C(=O)N3CCSCC3)c(=O)c2c1. The van der Waals surface area contributed by atoms with E-state index in [1.165, 1.54) is 0 Å². The van der Waals surface area contributed by atoms with Gasteiger partial charge in [0.2, 0.25) is 5.43 Å². The van der Waals surface area contributed by atoms with Crippen molar-refractivity contribution in [1.29, 1.82) is 0 Å². The highest BCUT2D eigenvalue weighted by atomic mass is 32.2. The van der Waals surface area contributed by atoms with Crippen LogP contribution in [0.3, 0.4) is 0 Å². The lowest BCUT2D eigenvalue weighted by Gasteiger charge is -2.26. The third-order valence-electron chi connectivity index (χ3n) is 3.57. The summed E-state index contributed by atoms with van der Waals surface area (Å²) in [6.45, 7) is 3.37. The first kappa shape index (κ1) is 13.2. The van der Waals surface area contributed by atoms with E-state index in [2.05, 4.69) is 4.98 Å². The number of aryl methyl sites for hydroxylation is 1. The van der Waals surface area contributed by atoms with Crippen molar-refractivity contribution in [2.75, 3.05) is 24.6 Å². The normalized spacial score (nSPS) is 15.6. The van der Waals surface area contributed by atoms with E-state index >= 15 is 0 Å². The van der Waals surface area contributed by atoms with Crippen molar-refractivity contribution in [2.45, 2.75) is 6.92 Å². The van der Waals surface area contributed by atoms with Crippen LogP contribution in [0.2, 0.25) is 0 Å². The van der Waals surface area contributed by atoms with Crippen molar-refractivity contribution in [2.24, 2.45) is 0 Å². The van der Waals surface area contributed by atoms with Crippen LogP contribution in [0.4, 0.5) is 0 Å². The van der Waals surface area contributed by atoms with Gasteiger partial charge >= 0.3 is 0 Å². The van der Waals surface area contributed by atoms with Gasteiger partial charge in [-0.05, 0) is 19.1 Å². The molecule has 4 nitrogen and oxygen atoms in total. The summed E-state index contributed by atoms with van der Waals surface area (Å²) in [4.78, 5) is 29.8. The van der Waals surface area contributed by atoms with E-state index in [1.807, 2.05) is 36.9 Å². The molecule has 3 rings (SSSR count). The molecule has 0 unspecified atom stereocenters. The maximum atomic E-state index is 12.5. The van der Waals surface area contributed by atoms with Gasteiger partial charge in [-0.25, -0.2) is 0 Å². The number of thioether (sulfide) groups is 1. The van der Waals surface area contributed by atoms with Crippen LogP contribution in [-0.4, -0.2) is 40.4 Å². The number of aromatic nitrogens is 1. The van der Waals surface area contributed by atoms with Crippen molar-refractivity contribution >= 4 is 28.6 Å². The molecule has 0 spiro atoms. The van der Waals surface area contributed by atoms with E-state index < -0.39 is 0 Å². The largest absolute Gasteiger partial charge is 0.360 e. The molecule has 1 fully saturated rings. The fourth-order valence-electron chi connectivity index (χ4n) is 2.43. The molecule has 0 radical (unpaired) electrons. The van der Waals surface area contributed by atoms with Crippen molar-refractivity contribution < 1.29 is 4.79 Å². The topological polar surface area (TPSA) is 53.2 Å². The molecule has 104 valence electrons. The van der Waals surface area contributed by atoms with Crippen LogP contribution < -0.4 is 5.43 Å². The zero-order chi connectivity index (χ0) is 14.1. The highest BCUT2D eigenvalue weighted by Gasteiger charge is 2.21. The van der Waals surface area contributed by atoms with E-state index in [4.69, 9.17) is 0 Å². The lowest BCUT2D eigenvalue weighted by Crippen LogP contribution is -2.40. The lowest BCUT2D eigenvalue weighted by atomic mass is 10.1. The van der Waals surface area contributed by atoms with E-state index in [0.29, 0.717) is 5.39 Å². The van der Waals surface area contributed by atoms with Gasteiger partial charge < -0.3 is 9.88 Å². The van der Waals surface area contributed by atoms with Gasteiger partial charge in [0.15, 0.2) is 0 Å². The van der Waals surface area contributed by atoms with Gasteiger partial charge in [-0.15, -0.1) is 0 Å². The molecule has 5 heteroatoms. The Bertz CT molecular complexity index is 717. The van der Waals surface area contributed by atoms with E-state index in [1.54, 1.807) is 11.1 Å². The summed E-state index contributed by atoms with van der Waals surface area (Å²) in [6.07, 6.45) is 1.55. The van der Waals surface area contributed by atoms with Gasteiger partial charge in [0.1, 0.15) is 5.56 Å². The average Bonchev–Trinajstić information content (AvgIpc) is 2.48. The zero-order valence-electron chi connectivity index (χ0n) is 11.3. The van der Waals surface area contributed by atoms with Crippen LogP contribution in [0.15, 0.2) is 29.2 Å². The van der Waals surface area contributed by atoms with Crippen LogP contribution in [0.5, 0.6) is 0 Å². The molecule has 0 saturated carbocycles. The van der Waals surface area contributed by atoms with Gasteiger partial charge in [-0.1, -0.05) is 11.6 Å². The minimum atomic E-state index is -0.175. The molecule has 1 aromatic heterocycles. The maximum Gasteiger partial charge on any atom is 0.259 e. The smallest absolute Gasteiger partial charge is 0.259 e. The molecule has 2 heterocycles. The highest BCUT2D eigenvalue weighted by Crippen LogP contribution is 2.14. The van der Waals surface area contributed by atoms with Crippen molar-refractivity contribution in [3.05, 3.63) is 45.7 Å². The average molecular weight is 288 g/mol. The number of pyridine rings is 1. The number of amides is 1. The number of carbonyl (C=O) groups is 1. The summed E-state index contributed by atoms with van der Waals surface area (Å²) in [5, 5.41) is 0.585. The number of nitrogens with zero attached hydrogens (tertiary/aromatic N) is 1. The third-order valence-corrected chi connectivity index (χ3v) is 4.51. The number of benzene rings is 1. The molecule has 2 aromatic rings. The molecule has 1 saturated heterocycles. The Hall–Kier alpha value is -1.75. The number of H-pyrrole nitrogens is 1. The zero-order valence-corrected chi connectivity index (χ0v) is 12.1. The molecule has 0 aliphatic carbocycles. The molecular formula is C15H16N2O2S. The summed E-state index contributed by atoms with van der Waals surface area (Å²) in [5.41, 5.74) is 1.86. The van der Waals surface area contributed by atoms with Crippen LogP contribution in [0.25, 0.3) is 10.9 Å². The Morgan fingerprint density at radius 2 is 2.05 bits per heavy atom. The summed E-state index contributed by atoms with van der Waals surface area (Å²) in [5.74, 6) is 1.72. The monoisotopic (exact) mass is 288 g/mol. The molecular weight excluding hydrogens is 272 g/mol. The van der Waals surface area contributed by atoms with Gasteiger partial charge in [-0.3, -0.25) is 9.59 Å². The van der Waals surface area contributed by atoms with Gasteiger partial charge in [0, 0.05) is 41.7 Å². The minimum absolute atomic E-state index is 0.157. The van der Waals surface area contributed by atoms with Crippen LogP contribution in [-0.2, 0) is 0 Å². The van der Waals surface area contributed by atoms with Crippen molar-refractivity contribution in [1.82, 2.24) is 9.88 Å². The molecule has 20 heavy (non-hydrogen) atoms. The Labute approximate surface area is 121 Å². The number of rotatable bonds is 1. The van der Waals surface area contributed by atoms with E-state index in [-0.39, 0.29) is 16.9 Å². The molecule has 1 aromatic carbocycles. The second-order valence-corrected chi connectivity index (χ2v) is 6.21.